The fraction of sp³-hybridized carbons (Fsp3) is 0.467. The molecule has 1 aliphatic heterocycles. The Labute approximate surface area is 131 Å². The molecule has 0 bridgehead atoms. The highest BCUT2D eigenvalue weighted by molar-refractivity contribution is 5.98. The number of halogens is 2. The summed E-state index contributed by atoms with van der Waals surface area (Å²) in [6.07, 6.45) is -1.13. The number of pyridine rings is 1. The molecule has 3 rings (SSSR count). The van der Waals surface area contributed by atoms with Gasteiger partial charge in [-0.15, -0.1) is 0 Å². The Hall–Kier alpha value is -2.22. The SMILES string of the molecule is CC1CN(c2ccc3c(C(N)=O)nc(C(F)F)n3c2)CC(C)O1. The molecule has 23 heavy (non-hydrogen) atoms. The number of nitrogens with zero attached hydrogens (tertiary/aromatic N) is 3. The predicted molar refractivity (Wildman–Crippen MR) is 80.9 cm³/mol. The van der Waals surface area contributed by atoms with Crippen molar-refractivity contribution in [2.75, 3.05) is 18.0 Å². The number of fused-ring (bicyclic) bond motifs is 1. The lowest BCUT2D eigenvalue weighted by atomic mass is 10.2. The van der Waals surface area contributed by atoms with Crippen LogP contribution in [0.4, 0.5) is 14.5 Å². The molecular weight excluding hydrogens is 306 g/mol. The average molecular weight is 324 g/mol. The Morgan fingerprint density at radius 3 is 2.57 bits per heavy atom. The van der Waals surface area contributed by atoms with Crippen molar-refractivity contribution < 1.29 is 18.3 Å². The topological polar surface area (TPSA) is 72.9 Å². The lowest BCUT2D eigenvalue weighted by molar-refractivity contribution is -0.00524. The molecule has 2 N–H and O–H groups in total. The minimum atomic E-state index is -2.80. The fourth-order valence-electron chi connectivity index (χ4n) is 3.01. The van der Waals surface area contributed by atoms with E-state index in [-0.39, 0.29) is 23.4 Å². The number of morpholine rings is 1. The van der Waals surface area contributed by atoms with Crippen molar-refractivity contribution in [2.24, 2.45) is 5.73 Å². The zero-order valence-electron chi connectivity index (χ0n) is 12.9. The summed E-state index contributed by atoms with van der Waals surface area (Å²) < 4.78 is 33.3. The zero-order chi connectivity index (χ0) is 16.7. The molecule has 1 saturated heterocycles. The maximum atomic E-state index is 13.2. The van der Waals surface area contributed by atoms with Gasteiger partial charge in [-0.2, -0.15) is 0 Å². The predicted octanol–water partition coefficient (Wildman–Crippen LogP) is 1.98. The average Bonchev–Trinajstić information content (AvgIpc) is 2.85. The second-order valence-corrected chi connectivity index (χ2v) is 5.79. The molecule has 0 aliphatic carbocycles. The van der Waals surface area contributed by atoms with Crippen LogP contribution in [0.3, 0.4) is 0 Å². The summed E-state index contributed by atoms with van der Waals surface area (Å²) in [5.41, 5.74) is 6.14. The van der Waals surface area contributed by atoms with Gasteiger partial charge < -0.3 is 15.4 Å². The van der Waals surface area contributed by atoms with Gasteiger partial charge in [0, 0.05) is 19.3 Å². The van der Waals surface area contributed by atoms with E-state index in [4.69, 9.17) is 10.5 Å². The number of rotatable bonds is 3. The van der Waals surface area contributed by atoms with Gasteiger partial charge in [-0.05, 0) is 26.0 Å². The third-order valence-corrected chi connectivity index (χ3v) is 3.86. The summed E-state index contributed by atoms with van der Waals surface area (Å²) in [4.78, 5) is 17.2. The first-order chi connectivity index (χ1) is 10.9. The van der Waals surface area contributed by atoms with E-state index in [0.29, 0.717) is 13.1 Å². The smallest absolute Gasteiger partial charge is 0.295 e. The van der Waals surface area contributed by atoms with Crippen LogP contribution in [0.15, 0.2) is 18.3 Å². The number of imidazole rings is 1. The van der Waals surface area contributed by atoms with Crippen molar-refractivity contribution >= 4 is 17.1 Å². The molecule has 3 heterocycles. The van der Waals surface area contributed by atoms with Gasteiger partial charge in [0.2, 0.25) is 0 Å². The number of anilines is 1. The van der Waals surface area contributed by atoms with Crippen molar-refractivity contribution in [3.05, 3.63) is 29.8 Å². The molecule has 2 aromatic rings. The van der Waals surface area contributed by atoms with E-state index in [9.17, 15) is 13.6 Å². The van der Waals surface area contributed by atoms with Gasteiger partial charge in [0.15, 0.2) is 11.5 Å². The normalized spacial score (nSPS) is 22.0. The summed E-state index contributed by atoms with van der Waals surface area (Å²) in [6, 6.07) is 3.38. The van der Waals surface area contributed by atoms with Crippen LogP contribution in [-0.2, 0) is 4.74 Å². The molecule has 2 unspecified atom stereocenters. The maximum Gasteiger partial charge on any atom is 0.295 e. The number of carbonyl (C=O) groups is 1. The number of ether oxygens (including phenoxy) is 1. The lowest BCUT2D eigenvalue weighted by Crippen LogP contribution is -2.45. The fourth-order valence-corrected chi connectivity index (χ4v) is 3.01. The van der Waals surface area contributed by atoms with E-state index >= 15 is 0 Å². The van der Waals surface area contributed by atoms with E-state index in [1.807, 2.05) is 13.8 Å². The van der Waals surface area contributed by atoms with Crippen LogP contribution >= 0.6 is 0 Å². The Bertz CT molecular complexity index is 736. The lowest BCUT2D eigenvalue weighted by Gasteiger charge is -2.36. The molecule has 0 aromatic carbocycles. The van der Waals surface area contributed by atoms with Crippen LogP contribution in [0.2, 0.25) is 0 Å². The third kappa shape index (κ3) is 2.86. The van der Waals surface area contributed by atoms with Gasteiger partial charge in [0.1, 0.15) is 0 Å². The molecule has 6 nitrogen and oxygen atoms in total. The number of nitrogens with two attached hydrogens (primary N) is 1. The number of hydrogen-bond donors (Lipinski definition) is 1. The van der Waals surface area contributed by atoms with Gasteiger partial charge in [-0.1, -0.05) is 0 Å². The van der Waals surface area contributed by atoms with Gasteiger partial charge >= 0.3 is 0 Å². The number of primary amides is 1. The number of carbonyl (C=O) groups excluding carboxylic acids is 1. The second kappa shape index (κ2) is 5.77. The number of aromatic nitrogens is 2. The number of alkyl halides is 2. The highest BCUT2D eigenvalue weighted by atomic mass is 19.3. The Balaban J connectivity index is 2.07. The standard InChI is InChI=1S/C15H18F2N4O2/c1-8-5-20(6-9(2)23-8)10-3-4-11-12(14(18)22)19-15(13(16)17)21(11)7-10/h3-4,7-9,13H,5-6H2,1-2H3,(H2,18,22). The molecular formula is C15H18F2N4O2. The van der Waals surface area contributed by atoms with E-state index < -0.39 is 18.2 Å². The first kappa shape index (κ1) is 15.7. The first-order valence-electron chi connectivity index (χ1n) is 7.37. The van der Waals surface area contributed by atoms with Crippen molar-refractivity contribution in [1.82, 2.24) is 9.38 Å². The van der Waals surface area contributed by atoms with E-state index in [1.165, 1.54) is 4.40 Å². The van der Waals surface area contributed by atoms with Crippen LogP contribution in [0.25, 0.3) is 5.52 Å². The molecule has 1 amide bonds. The second-order valence-electron chi connectivity index (χ2n) is 5.79. The molecule has 0 saturated carbocycles. The number of hydrogen-bond acceptors (Lipinski definition) is 4. The first-order valence-corrected chi connectivity index (χ1v) is 7.37. The van der Waals surface area contributed by atoms with Gasteiger partial charge in [0.05, 0.1) is 23.4 Å². The Morgan fingerprint density at radius 2 is 2.00 bits per heavy atom. The molecule has 2 aromatic heterocycles. The minimum absolute atomic E-state index is 0.0491. The van der Waals surface area contributed by atoms with E-state index in [1.54, 1.807) is 18.3 Å². The van der Waals surface area contributed by atoms with E-state index in [2.05, 4.69) is 9.88 Å². The van der Waals surface area contributed by atoms with Gasteiger partial charge in [-0.25, -0.2) is 13.8 Å². The van der Waals surface area contributed by atoms with Crippen LogP contribution in [0, 0.1) is 0 Å². The highest BCUT2D eigenvalue weighted by Crippen LogP contribution is 2.26. The third-order valence-electron chi connectivity index (χ3n) is 3.86. The molecule has 1 aliphatic rings. The van der Waals surface area contributed by atoms with Gasteiger partial charge in [-0.3, -0.25) is 9.20 Å². The van der Waals surface area contributed by atoms with Crippen molar-refractivity contribution in [1.29, 1.82) is 0 Å². The van der Waals surface area contributed by atoms with Crippen LogP contribution in [0.1, 0.15) is 36.6 Å². The molecule has 0 radical (unpaired) electrons. The summed E-state index contributed by atoms with van der Waals surface area (Å²) >= 11 is 0. The minimum Gasteiger partial charge on any atom is -0.372 e. The Kier molecular flexibility index (Phi) is 3.93. The summed E-state index contributed by atoms with van der Waals surface area (Å²) in [6.45, 7) is 5.26. The van der Waals surface area contributed by atoms with E-state index in [0.717, 1.165) is 5.69 Å². The maximum absolute atomic E-state index is 13.2. The summed E-state index contributed by atoms with van der Waals surface area (Å²) in [5.74, 6) is -1.30. The van der Waals surface area contributed by atoms with Crippen LogP contribution in [-0.4, -0.2) is 40.6 Å². The molecule has 0 spiro atoms. The van der Waals surface area contributed by atoms with Crippen LogP contribution in [0.5, 0.6) is 0 Å². The van der Waals surface area contributed by atoms with Crippen LogP contribution < -0.4 is 10.6 Å². The summed E-state index contributed by atoms with van der Waals surface area (Å²) in [7, 11) is 0. The van der Waals surface area contributed by atoms with Gasteiger partial charge in [0.25, 0.3) is 12.3 Å². The zero-order valence-corrected chi connectivity index (χ0v) is 12.9. The summed E-state index contributed by atoms with van der Waals surface area (Å²) in [5, 5.41) is 0. The Morgan fingerprint density at radius 1 is 1.35 bits per heavy atom. The van der Waals surface area contributed by atoms with Crippen molar-refractivity contribution in [2.45, 2.75) is 32.5 Å². The molecule has 1 fully saturated rings. The largest absolute Gasteiger partial charge is 0.372 e. The van der Waals surface area contributed by atoms with Crippen molar-refractivity contribution in [3.63, 3.8) is 0 Å². The number of amides is 1. The van der Waals surface area contributed by atoms with Crippen molar-refractivity contribution in [3.8, 4) is 0 Å². The molecule has 2 atom stereocenters. The highest BCUT2D eigenvalue weighted by Gasteiger charge is 2.25. The molecule has 124 valence electrons. The monoisotopic (exact) mass is 324 g/mol. The quantitative estimate of drug-likeness (QED) is 0.937. The molecule has 8 heteroatoms.